The molecular formula is C11H13BrFNO. The van der Waals surface area contributed by atoms with Crippen LogP contribution in [0.1, 0.15) is 18.6 Å². The number of benzene rings is 1. The monoisotopic (exact) mass is 273 g/mol. The molecule has 0 aromatic heterocycles. The van der Waals surface area contributed by atoms with Gasteiger partial charge < -0.3 is 10.1 Å². The average molecular weight is 274 g/mol. The molecule has 1 saturated heterocycles. The molecule has 0 spiro atoms. The minimum absolute atomic E-state index is 0.0260. The van der Waals surface area contributed by atoms with Crippen molar-refractivity contribution in [1.82, 2.24) is 5.32 Å². The molecular weight excluding hydrogens is 261 g/mol. The SMILES string of the molecule is CC1COC(c2ccc(F)c(Br)c2)CN1. The van der Waals surface area contributed by atoms with Crippen molar-refractivity contribution < 1.29 is 9.13 Å². The van der Waals surface area contributed by atoms with Crippen LogP contribution < -0.4 is 5.32 Å². The average Bonchev–Trinajstić information content (AvgIpc) is 2.23. The van der Waals surface area contributed by atoms with Gasteiger partial charge in [0.1, 0.15) is 5.82 Å². The van der Waals surface area contributed by atoms with Crippen LogP contribution in [0.5, 0.6) is 0 Å². The molecule has 1 N–H and O–H groups in total. The topological polar surface area (TPSA) is 21.3 Å². The Morgan fingerprint density at radius 3 is 2.93 bits per heavy atom. The van der Waals surface area contributed by atoms with E-state index in [0.29, 0.717) is 17.1 Å². The van der Waals surface area contributed by atoms with Gasteiger partial charge in [-0.3, -0.25) is 0 Å². The number of hydrogen-bond donors (Lipinski definition) is 1. The molecule has 4 heteroatoms. The lowest BCUT2D eigenvalue weighted by atomic mass is 10.1. The largest absolute Gasteiger partial charge is 0.371 e. The Labute approximate surface area is 96.9 Å². The first-order valence-electron chi connectivity index (χ1n) is 4.97. The van der Waals surface area contributed by atoms with Gasteiger partial charge in [-0.2, -0.15) is 0 Å². The first kappa shape index (κ1) is 11.0. The molecule has 0 radical (unpaired) electrons. The van der Waals surface area contributed by atoms with Gasteiger partial charge >= 0.3 is 0 Å². The van der Waals surface area contributed by atoms with E-state index in [1.165, 1.54) is 6.07 Å². The van der Waals surface area contributed by atoms with Crippen LogP contribution in [0.2, 0.25) is 0 Å². The number of halogens is 2. The van der Waals surface area contributed by atoms with Crippen LogP contribution in [0.4, 0.5) is 4.39 Å². The maximum absolute atomic E-state index is 13.0. The molecule has 0 aliphatic carbocycles. The predicted octanol–water partition coefficient (Wildman–Crippen LogP) is 2.64. The standard InChI is InChI=1S/C11H13BrFNO/c1-7-6-15-11(5-14-7)8-2-3-10(13)9(12)4-8/h2-4,7,11,14H,5-6H2,1H3. The molecule has 1 aliphatic heterocycles. The smallest absolute Gasteiger partial charge is 0.137 e. The van der Waals surface area contributed by atoms with Gasteiger partial charge in [0, 0.05) is 12.6 Å². The first-order valence-corrected chi connectivity index (χ1v) is 5.76. The minimum atomic E-state index is -0.240. The molecule has 1 aromatic rings. The highest BCUT2D eigenvalue weighted by Gasteiger charge is 2.20. The number of rotatable bonds is 1. The molecule has 2 nitrogen and oxygen atoms in total. The molecule has 1 aromatic carbocycles. The Kier molecular flexibility index (Phi) is 3.38. The Morgan fingerprint density at radius 1 is 1.53 bits per heavy atom. The fraction of sp³-hybridized carbons (Fsp3) is 0.455. The van der Waals surface area contributed by atoms with Gasteiger partial charge in [0.05, 0.1) is 17.2 Å². The number of morpholine rings is 1. The lowest BCUT2D eigenvalue weighted by molar-refractivity contribution is 0.00688. The Hall–Kier alpha value is -0.450. The van der Waals surface area contributed by atoms with Gasteiger partial charge in [-0.15, -0.1) is 0 Å². The van der Waals surface area contributed by atoms with E-state index in [2.05, 4.69) is 28.2 Å². The molecule has 82 valence electrons. The fourth-order valence-corrected chi connectivity index (χ4v) is 2.01. The van der Waals surface area contributed by atoms with Crippen molar-refractivity contribution in [3.63, 3.8) is 0 Å². The van der Waals surface area contributed by atoms with Crippen molar-refractivity contribution in [3.8, 4) is 0 Å². The van der Waals surface area contributed by atoms with Gasteiger partial charge in [0.25, 0.3) is 0 Å². The van der Waals surface area contributed by atoms with E-state index in [0.717, 1.165) is 12.1 Å². The quantitative estimate of drug-likeness (QED) is 0.850. The number of hydrogen-bond acceptors (Lipinski definition) is 2. The van der Waals surface area contributed by atoms with Crippen molar-refractivity contribution >= 4 is 15.9 Å². The molecule has 15 heavy (non-hydrogen) atoms. The summed E-state index contributed by atoms with van der Waals surface area (Å²) in [7, 11) is 0. The van der Waals surface area contributed by atoms with Crippen LogP contribution in [-0.2, 0) is 4.74 Å². The summed E-state index contributed by atoms with van der Waals surface area (Å²) in [6.45, 7) is 3.55. The maximum atomic E-state index is 13.0. The molecule has 2 rings (SSSR count). The minimum Gasteiger partial charge on any atom is -0.371 e. The highest BCUT2D eigenvalue weighted by atomic mass is 79.9. The van der Waals surface area contributed by atoms with Crippen LogP contribution >= 0.6 is 15.9 Å². The lowest BCUT2D eigenvalue weighted by Gasteiger charge is -2.28. The van der Waals surface area contributed by atoms with E-state index >= 15 is 0 Å². The van der Waals surface area contributed by atoms with Crippen LogP contribution in [0.15, 0.2) is 22.7 Å². The summed E-state index contributed by atoms with van der Waals surface area (Å²) >= 11 is 3.17. The van der Waals surface area contributed by atoms with Gasteiger partial charge in [0.2, 0.25) is 0 Å². The second-order valence-electron chi connectivity index (χ2n) is 3.80. The Morgan fingerprint density at radius 2 is 2.33 bits per heavy atom. The van der Waals surface area contributed by atoms with E-state index < -0.39 is 0 Å². The third-order valence-electron chi connectivity index (χ3n) is 2.51. The molecule has 1 heterocycles. The van der Waals surface area contributed by atoms with Crippen molar-refractivity contribution in [1.29, 1.82) is 0 Å². The maximum Gasteiger partial charge on any atom is 0.137 e. The Balaban J connectivity index is 2.12. The normalized spacial score (nSPS) is 26.6. The van der Waals surface area contributed by atoms with E-state index in [9.17, 15) is 4.39 Å². The van der Waals surface area contributed by atoms with Gasteiger partial charge in [-0.05, 0) is 40.5 Å². The molecule has 0 bridgehead atoms. The molecule has 1 fully saturated rings. The van der Waals surface area contributed by atoms with E-state index in [-0.39, 0.29) is 11.9 Å². The second-order valence-corrected chi connectivity index (χ2v) is 4.66. The van der Waals surface area contributed by atoms with Crippen LogP contribution in [-0.4, -0.2) is 19.2 Å². The van der Waals surface area contributed by atoms with Crippen molar-refractivity contribution in [3.05, 3.63) is 34.1 Å². The molecule has 2 atom stereocenters. The first-order chi connectivity index (χ1) is 7.16. The Bertz CT molecular complexity index is 350. The fourth-order valence-electron chi connectivity index (χ4n) is 1.61. The van der Waals surface area contributed by atoms with E-state index in [4.69, 9.17) is 4.74 Å². The summed E-state index contributed by atoms with van der Waals surface area (Å²) in [5, 5.41) is 3.33. The van der Waals surface area contributed by atoms with Crippen molar-refractivity contribution in [2.24, 2.45) is 0 Å². The molecule has 0 saturated carbocycles. The summed E-state index contributed by atoms with van der Waals surface area (Å²) in [4.78, 5) is 0. The van der Waals surface area contributed by atoms with Gasteiger partial charge in [0.15, 0.2) is 0 Å². The zero-order valence-corrected chi connectivity index (χ0v) is 10.1. The number of ether oxygens (including phenoxy) is 1. The van der Waals surface area contributed by atoms with E-state index in [1.54, 1.807) is 12.1 Å². The number of nitrogens with one attached hydrogen (secondary N) is 1. The van der Waals surface area contributed by atoms with Gasteiger partial charge in [-0.1, -0.05) is 6.07 Å². The summed E-state index contributed by atoms with van der Waals surface area (Å²) in [5.41, 5.74) is 1.00. The molecule has 1 aliphatic rings. The zero-order chi connectivity index (χ0) is 10.8. The highest BCUT2D eigenvalue weighted by Crippen LogP contribution is 2.24. The zero-order valence-electron chi connectivity index (χ0n) is 8.47. The summed E-state index contributed by atoms with van der Waals surface area (Å²) in [6, 6.07) is 5.39. The van der Waals surface area contributed by atoms with Crippen LogP contribution in [0.25, 0.3) is 0 Å². The third kappa shape index (κ3) is 2.56. The lowest BCUT2D eigenvalue weighted by Crippen LogP contribution is -2.40. The van der Waals surface area contributed by atoms with Crippen LogP contribution in [0, 0.1) is 5.82 Å². The van der Waals surface area contributed by atoms with Crippen molar-refractivity contribution in [2.45, 2.75) is 19.1 Å². The summed E-state index contributed by atoms with van der Waals surface area (Å²) in [6.07, 6.45) is 0.0260. The second kappa shape index (κ2) is 4.60. The van der Waals surface area contributed by atoms with Crippen LogP contribution in [0.3, 0.4) is 0 Å². The molecule has 2 unspecified atom stereocenters. The summed E-state index contributed by atoms with van der Waals surface area (Å²) < 4.78 is 19.2. The van der Waals surface area contributed by atoms with Crippen molar-refractivity contribution in [2.75, 3.05) is 13.2 Å². The highest BCUT2D eigenvalue weighted by molar-refractivity contribution is 9.10. The van der Waals surface area contributed by atoms with E-state index in [1.807, 2.05) is 0 Å². The predicted molar refractivity (Wildman–Crippen MR) is 60.3 cm³/mol. The summed E-state index contributed by atoms with van der Waals surface area (Å²) in [5.74, 6) is -0.240. The third-order valence-corrected chi connectivity index (χ3v) is 3.12. The van der Waals surface area contributed by atoms with Gasteiger partial charge in [-0.25, -0.2) is 4.39 Å². The molecule has 0 amide bonds.